The highest BCUT2D eigenvalue weighted by molar-refractivity contribution is 6.88. The first-order chi connectivity index (χ1) is 13.3. The quantitative estimate of drug-likeness (QED) is 0.164. The van der Waals surface area contributed by atoms with Crippen molar-refractivity contribution in [1.82, 2.24) is 0 Å². The average Bonchev–Trinajstić information content (AvgIpc) is 2.96. The topological polar surface area (TPSA) is 26.3 Å². The molecule has 0 unspecified atom stereocenters. The fraction of sp³-hybridized carbons (Fsp3) is 0.800. The Hall–Kier alpha value is -0.833. The number of carbonyl (C=O) groups excluding carboxylic acids is 1. The molecule has 0 aromatic heterocycles. The summed E-state index contributed by atoms with van der Waals surface area (Å²) in [6.45, 7) is 16.4. The summed E-state index contributed by atoms with van der Waals surface area (Å²) in [5.41, 5.74) is 5.47. The van der Waals surface area contributed by atoms with Crippen molar-refractivity contribution in [2.75, 3.05) is 0 Å². The highest BCUT2D eigenvalue weighted by Crippen LogP contribution is 2.44. The summed E-state index contributed by atoms with van der Waals surface area (Å²) in [6.07, 6.45) is 14.7. The molecule has 0 saturated heterocycles. The van der Waals surface area contributed by atoms with Crippen LogP contribution >= 0.6 is 0 Å². The van der Waals surface area contributed by atoms with Gasteiger partial charge in [0.25, 0.3) is 0 Å². The number of allylic oxidation sites excluding steroid dienone is 1. The zero-order valence-electron chi connectivity index (χ0n) is 19.8. The van der Waals surface area contributed by atoms with Gasteiger partial charge in [-0.15, -0.1) is 0 Å². The molecule has 3 heteroatoms. The lowest BCUT2D eigenvalue weighted by Crippen LogP contribution is -2.43. The number of hydrogen-bond acceptors (Lipinski definition) is 2. The van der Waals surface area contributed by atoms with E-state index in [1.54, 1.807) is 6.08 Å². The molecule has 1 aliphatic rings. The first-order valence-corrected chi connectivity index (χ1v) is 14.2. The predicted octanol–water partition coefficient (Wildman–Crippen LogP) is 8.49. The van der Waals surface area contributed by atoms with Crippen LogP contribution in [-0.4, -0.2) is 14.0 Å². The minimum absolute atomic E-state index is 0.170. The van der Waals surface area contributed by atoms with E-state index in [9.17, 15) is 4.79 Å². The molecular weight excluding hydrogens is 360 g/mol. The maximum absolute atomic E-state index is 12.0. The van der Waals surface area contributed by atoms with Crippen molar-refractivity contribution in [3.05, 3.63) is 23.1 Å². The second kappa shape index (κ2) is 12.7. The van der Waals surface area contributed by atoms with E-state index in [0.29, 0.717) is 16.6 Å². The first kappa shape index (κ1) is 25.2. The molecule has 1 rings (SSSR count). The van der Waals surface area contributed by atoms with Crippen molar-refractivity contribution in [3.8, 4) is 0 Å². The highest BCUT2D eigenvalue weighted by Gasteiger charge is 2.42. The van der Waals surface area contributed by atoms with E-state index in [4.69, 9.17) is 4.74 Å². The molecule has 0 N–H and O–H groups in total. The van der Waals surface area contributed by atoms with Crippen molar-refractivity contribution in [2.24, 2.45) is 0 Å². The van der Waals surface area contributed by atoms with E-state index in [2.05, 4.69) is 54.2 Å². The molecule has 2 nitrogen and oxygen atoms in total. The van der Waals surface area contributed by atoms with Crippen molar-refractivity contribution >= 4 is 14.0 Å². The Morgan fingerprint density at radius 2 is 1.29 bits per heavy atom. The summed E-state index contributed by atoms with van der Waals surface area (Å²) in [6, 6.07) is 0. The Labute approximate surface area is 176 Å². The molecule has 1 heterocycles. The third-order valence-corrected chi connectivity index (χ3v) is 13.5. The van der Waals surface area contributed by atoms with Crippen LogP contribution in [0.5, 0.6) is 0 Å². The van der Waals surface area contributed by atoms with Gasteiger partial charge in [0.1, 0.15) is 5.76 Å². The molecule has 0 bridgehead atoms. The van der Waals surface area contributed by atoms with E-state index >= 15 is 0 Å². The lowest BCUT2D eigenvalue weighted by Gasteiger charge is -2.40. The van der Waals surface area contributed by atoms with Gasteiger partial charge in [0, 0.05) is 11.6 Å². The molecule has 1 aliphatic heterocycles. The smallest absolute Gasteiger partial charge is 0.336 e. The number of rotatable bonds is 14. The van der Waals surface area contributed by atoms with Crippen LogP contribution in [-0.2, 0) is 9.53 Å². The van der Waals surface area contributed by atoms with Crippen LogP contribution in [0.15, 0.2) is 23.1 Å². The third-order valence-electron chi connectivity index (χ3n) is 6.75. The summed E-state index contributed by atoms with van der Waals surface area (Å²) in [5.74, 6) is 0.726. The van der Waals surface area contributed by atoms with Gasteiger partial charge in [-0.1, -0.05) is 106 Å². The minimum atomic E-state index is -1.72. The molecule has 0 atom stereocenters. The molecule has 0 aliphatic carbocycles. The lowest BCUT2D eigenvalue weighted by molar-refractivity contribution is -0.132. The average molecular weight is 407 g/mol. The fourth-order valence-electron chi connectivity index (χ4n) is 5.09. The number of unbranched alkanes of at least 4 members (excludes halogenated alkanes) is 8. The maximum Gasteiger partial charge on any atom is 0.336 e. The van der Waals surface area contributed by atoms with Crippen LogP contribution in [0.1, 0.15) is 113 Å². The lowest BCUT2D eigenvalue weighted by atomic mass is 10.0. The Kier molecular flexibility index (Phi) is 11.4. The molecule has 28 heavy (non-hydrogen) atoms. The van der Waals surface area contributed by atoms with Crippen molar-refractivity contribution in [1.29, 1.82) is 0 Å². The normalized spacial score (nSPS) is 16.6. The summed E-state index contributed by atoms with van der Waals surface area (Å²) >= 11 is 0. The minimum Gasteiger partial charge on any atom is -0.424 e. The number of carbonyl (C=O) groups is 1. The highest BCUT2D eigenvalue weighted by atomic mass is 28.3. The Morgan fingerprint density at radius 3 is 1.75 bits per heavy atom. The van der Waals surface area contributed by atoms with Crippen LogP contribution < -0.4 is 0 Å². The van der Waals surface area contributed by atoms with Gasteiger partial charge in [0.15, 0.2) is 0 Å². The molecule has 0 radical (unpaired) electrons. The Bertz CT molecular complexity index is 507. The van der Waals surface area contributed by atoms with Gasteiger partial charge in [0.2, 0.25) is 0 Å². The second-order valence-electron chi connectivity index (χ2n) is 9.64. The predicted molar refractivity (Wildman–Crippen MR) is 125 cm³/mol. The van der Waals surface area contributed by atoms with E-state index in [1.807, 2.05) is 0 Å². The van der Waals surface area contributed by atoms with Crippen LogP contribution in [0.4, 0.5) is 0 Å². The molecular formula is C25H46O2Si. The van der Waals surface area contributed by atoms with Crippen LogP contribution in [0.25, 0.3) is 0 Å². The number of cyclic esters (lactones) is 1. The van der Waals surface area contributed by atoms with Crippen molar-refractivity contribution < 1.29 is 9.53 Å². The molecule has 0 amide bonds. The Morgan fingerprint density at radius 1 is 0.821 bits per heavy atom. The fourth-order valence-corrected chi connectivity index (χ4v) is 10.8. The van der Waals surface area contributed by atoms with Gasteiger partial charge in [-0.3, -0.25) is 0 Å². The summed E-state index contributed by atoms with van der Waals surface area (Å²) < 4.78 is 5.68. The summed E-state index contributed by atoms with van der Waals surface area (Å²) in [4.78, 5) is 12.0. The van der Waals surface area contributed by atoms with E-state index in [1.165, 1.54) is 51.4 Å². The standard InChI is InChI=1S/C25H46O2Si/c1-8-9-10-11-12-13-14-15-16-17-23-18-25(26)27-24(23)19-28(20(2)3,21(4)5)22(6)7/h18-22H,8-17H2,1-7H3/b24-19-. The number of hydrogen-bond donors (Lipinski definition) is 0. The van der Waals surface area contributed by atoms with Gasteiger partial charge >= 0.3 is 5.97 Å². The monoisotopic (exact) mass is 406 g/mol. The number of ether oxygens (including phenoxy) is 1. The van der Waals surface area contributed by atoms with Crippen molar-refractivity contribution in [3.63, 3.8) is 0 Å². The zero-order valence-corrected chi connectivity index (χ0v) is 20.8. The SMILES string of the molecule is CCCCCCCCCCCC1=CC(=O)O/C1=C\[Si](C(C)C)(C(C)C)C(C)C. The van der Waals surface area contributed by atoms with Crippen LogP contribution in [0, 0.1) is 0 Å². The molecule has 0 aromatic rings. The van der Waals surface area contributed by atoms with E-state index in [-0.39, 0.29) is 5.97 Å². The maximum atomic E-state index is 12.0. The summed E-state index contributed by atoms with van der Waals surface area (Å²) in [5, 5.41) is 0. The summed E-state index contributed by atoms with van der Waals surface area (Å²) in [7, 11) is -1.72. The van der Waals surface area contributed by atoms with Gasteiger partial charge in [-0.05, 0) is 29.5 Å². The molecule has 0 spiro atoms. The molecule has 0 aromatic carbocycles. The van der Waals surface area contributed by atoms with E-state index < -0.39 is 8.07 Å². The second-order valence-corrected chi connectivity index (χ2v) is 15.4. The van der Waals surface area contributed by atoms with E-state index in [0.717, 1.165) is 24.2 Å². The molecule has 0 fully saturated rings. The Balaban J connectivity index is 2.63. The zero-order chi connectivity index (χ0) is 21.2. The third kappa shape index (κ3) is 7.20. The largest absolute Gasteiger partial charge is 0.424 e. The van der Waals surface area contributed by atoms with Gasteiger partial charge < -0.3 is 4.74 Å². The van der Waals surface area contributed by atoms with Crippen LogP contribution in [0.3, 0.4) is 0 Å². The van der Waals surface area contributed by atoms with Gasteiger partial charge in [-0.25, -0.2) is 4.79 Å². The number of esters is 1. The van der Waals surface area contributed by atoms with Gasteiger partial charge in [0.05, 0.1) is 8.07 Å². The van der Waals surface area contributed by atoms with Crippen molar-refractivity contribution in [2.45, 2.75) is 129 Å². The molecule has 162 valence electrons. The van der Waals surface area contributed by atoms with Gasteiger partial charge in [-0.2, -0.15) is 0 Å². The molecule has 0 saturated carbocycles. The first-order valence-electron chi connectivity index (χ1n) is 11.9. The van der Waals surface area contributed by atoms with Crippen LogP contribution in [0.2, 0.25) is 16.6 Å².